The van der Waals surface area contributed by atoms with Crippen LogP contribution in [0.15, 0.2) is 102 Å². The summed E-state index contributed by atoms with van der Waals surface area (Å²) in [6.07, 6.45) is 1.53. The highest BCUT2D eigenvalue weighted by molar-refractivity contribution is 8.00. The van der Waals surface area contributed by atoms with Crippen LogP contribution in [0.25, 0.3) is 6.08 Å². The Balaban J connectivity index is 1.27. The molecule has 0 aliphatic carbocycles. The van der Waals surface area contributed by atoms with E-state index < -0.39 is 17.1 Å². The van der Waals surface area contributed by atoms with E-state index >= 15 is 0 Å². The van der Waals surface area contributed by atoms with Gasteiger partial charge in [0.15, 0.2) is 11.5 Å². The van der Waals surface area contributed by atoms with Gasteiger partial charge in [0.05, 0.1) is 19.5 Å². The van der Waals surface area contributed by atoms with Crippen molar-refractivity contribution in [1.82, 2.24) is 5.32 Å². The standard InChI is InChI=1S/C34H31N3O7S/c1-21(32(38)36-25-11-15-30-31(19-25)44-20-43-30)45-27-13-9-24(10-14-27)35-34(40)28(37-33(39)22-7-5-4-6-8-22)18-23-17-26(41-2)12-16-29(23)42-3/h4-19,21H,20H2,1-3H3,(H,35,40)(H,36,38)(H,37,39)/b28-18-. The van der Waals surface area contributed by atoms with Crippen LogP contribution in [-0.4, -0.2) is 44.0 Å². The number of methoxy groups -OCH3 is 2. The molecule has 3 N–H and O–H groups in total. The first-order valence-corrected chi connectivity index (χ1v) is 14.8. The summed E-state index contributed by atoms with van der Waals surface area (Å²) in [6.45, 7) is 1.97. The average Bonchev–Trinajstić information content (AvgIpc) is 3.53. The zero-order chi connectivity index (χ0) is 31.8. The minimum absolute atomic E-state index is 0.00247. The van der Waals surface area contributed by atoms with Gasteiger partial charge in [0.2, 0.25) is 12.7 Å². The van der Waals surface area contributed by atoms with Gasteiger partial charge in [-0.1, -0.05) is 18.2 Å². The van der Waals surface area contributed by atoms with Crippen LogP contribution in [0.5, 0.6) is 23.0 Å². The number of amides is 3. The van der Waals surface area contributed by atoms with Gasteiger partial charge < -0.3 is 34.9 Å². The molecule has 1 unspecified atom stereocenters. The lowest BCUT2D eigenvalue weighted by molar-refractivity contribution is -0.115. The fourth-order valence-electron chi connectivity index (χ4n) is 4.34. The monoisotopic (exact) mass is 625 g/mol. The van der Waals surface area contributed by atoms with Gasteiger partial charge in [-0.2, -0.15) is 0 Å². The molecule has 0 fully saturated rings. The maximum Gasteiger partial charge on any atom is 0.272 e. The van der Waals surface area contributed by atoms with Crippen LogP contribution in [0.4, 0.5) is 11.4 Å². The highest BCUT2D eigenvalue weighted by Crippen LogP contribution is 2.35. The van der Waals surface area contributed by atoms with Crippen LogP contribution in [0, 0.1) is 0 Å². The molecule has 0 saturated heterocycles. The van der Waals surface area contributed by atoms with Crippen LogP contribution in [-0.2, 0) is 9.59 Å². The molecular formula is C34H31N3O7S. The van der Waals surface area contributed by atoms with E-state index in [4.69, 9.17) is 18.9 Å². The molecule has 4 aromatic carbocycles. The number of carbonyl (C=O) groups is 3. The van der Waals surface area contributed by atoms with E-state index in [2.05, 4.69) is 16.0 Å². The predicted octanol–water partition coefficient (Wildman–Crippen LogP) is 5.96. The Bertz CT molecular complexity index is 1730. The summed E-state index contributed by atoms with van der Waals surface area (Å²) >= 11 is 1.37. The maximum absolute atomic E-state index is 13.5. The van der Waals surface area contributed by atoms with Gasteiger partial charge in [-0.05, 0) is 79.7 Å². The molecule has 0 bridgehead atoms. The Morgan fingerprint density at radius 3 is 2.29 bits per heavy atom. The third-order valence-electron chi connectivity index (χ3n) is 6.70. The molecule has 45 heavy (non-hydrogen) atoms. The molecule has 1 aliphatic rings. The van der Waals surface area contributed by atoms with Crippen LogP contribution < -0.4 is 34.9 Å². The topological polar surface area (TPSA) is 124 Å². The van der Waals surface area contributed by atoms with E-state index in [-0.39, 0.29) is 18.4 Å². The number of benzene rings is 4. The molecule has 1 atom stereocenters. The number of fused-ring (bicyclic) bond motifs is 1. The van der Waals surface area contributed by atoms with Gasteiger partial charge in [0.1, 0.15) is 17.2 Å². The lowest BCUT2D eigenvalue weighted by Crippen LogP contribution is -2.30. The number of ether oxygens (including phenoxy) is 4. The van der Waals surface area contributed by atoms with Gasteiger partial charge in [-0.25, -0.2) is 0 Å². The molecule has 4 aromatic rings. The molecule has 3 amide bonds. The summed E-state index contributed by atoms with van der Waals surface area (Å²) in [4.78, 5) is 40.1. The first-order valence-electron chi connectivity index (χ1n) is 13.9. The Hall–Kier alpha value is -5.42. The van der Waals surface area contributed by atoms with Crippen molar-refractivity contribution < 1.29 is 33.3 Å². The quantitative estimate of drug-likeness (QED) is 0.138. The average molecular weight is 626 g/mol. The summed E-state index contributed by atoms with van der Waals surface area (Å²) in [7, 11) is 3.05. The third-order valence-corrected chi connectivity index (χ3v) is 7.81. The third kappa shape index (κ3) is 7.95. The first kappa shape index (κ1) is 31.0. The number of hydrogen-bond donors (Lipinski definition) is 3. The second kappa shape index (κ2) is 14.4. The molecule has 10 nitrogen and oxygen atoms in total. The van der Waals surface area contributed by atoms with Gasteiger partial charge in [-0.3, -0.25) is 14.4 Å². The number of anilines is 2. The van der Waals surface area contributed by atoms with Crippen LogP contribution in [0.2, 0.25) is 0 Å². The SMILES string of the molecule is COc1ccc(OC)c(/C=C(\NC(=O)c2ccccc2)C(=O)Nc2ccc(SC(C)C(=O)Nc3ccc4c(c3)OCO4)cc2)c1. The van der Waals surface area contributed by atoms with E-state index in [1.807, 2.05) is 19.1 Å². The molecule has 11 heteroatoms. The normalized spacial score (nSPS) is 12.6. The van der Waals surface area contributed by atoms with E-state index in [9.17, 15) is 14.4 Å². The molecule has 0 saturated carbocycles. The van der Waals surface area contributed by atoms with Crippen LogP contribution >= 0.6 is 11.8 Å². The molecule has 5 rings (SSSR count). The van der Waals surface area contributed by atoms with Crippen LogP contribution in [0.1, 0.15) is 22.8 Å². The summed E-state index contributed by atoms with van der Waals surface area (Å²) in [6, 6.07) is 26.1. The van der Waals surface area contributed by atoms with Crippen LogP contribution in [0.3, 0.4) is 0 Å². The van der Waals surface area contributed by atoms with Gasteiger partial charge in [0, 0.05) is 33.5 Å². The minimum atomic E-state index is -0.541. The second-order valence-corrected chi connectivity index (χ2v) is 11.2. The fourth-order valence-corrected chi connectivity index (χ4v) is 5.21. The number of hydrogen-bond acceptors (Lipinski definition) is 8. The van der Waals surface area contributed by atoms with Gasteiger partial charge in [-0.15, -0.1) is 11.8 Å². The highest BCUT2D eigenvalue weighted by atomic mass is 32.2. The highest BCUT2D eigenvalue weighted by Gasteiger charge is 2.19. The zero-order valence-electron chi connectivity index (χ0n) is 24.8. The summed E-state index contributed by atoms with van der Waals surface area (Å²) in [5, 5.41) is 8.05. The van der Waals surface area contributed by atoms with E-state index in [1.165, 1.54) is 32.1 Å². The minimum Gasteiger partial charge on any atom is -0.497 e. The molecular weight excluding hydrogens is 594 g/mol. The van der Waals surface area contributed by atoms with Crippen molar-refractivity contribution in [2.75, 3.05) is 31.6 Å². The van der Waals surface area contributed by atoms with Crippen molar-refractivity contribution in [3.8, 4) is 23.0 Å². The van der Waals surface area contributed by atoms with Gasteiger partial charge in [0.25, 0.3) is 11.8 Å². The van der Waals surface area contributed by atoms with E-state index in [0.717, 1.165) is 4.90 Å². The number of rotatable bonds is 11. The summed E-state index contributed by atoms with van der Waals surface area (Å²) in [5.74, 6) is 1.12. The Morgan fingerprint density at radius 2 is 1.56 bits per heavy atom. The largest absolute Gasteiger partial charge is 0.497 e. The molecule has 0 aromatic heterocycles. The lowest BCUT2D eigenvalue weighted by atomic mass is 10.1. The maximum atomic E-state index is 13.5. The fraction of sp³-hybridized carbons (Fsp3) is 0.147. The second-order valence-electron chi connectivity index (χ2n) is 9.78. The van der Waals surface area contributed by atoms with Crippen molar-refractivity contribution in [3.05, 3.63) is 108 Å². The molecule has 1 heterocycles. The van der Waals surface area contributed by atoms with Gasteiger partial charge >= 0.3 is 0 Å². The Labute approximate surface area is 264 Å². The lowest BCUT2D eigenvalue weighted by Gasteiger charge is -2.14. The van der Waals surface area contributed by atoms with E-state index in [1.54, 1.807) is 78.9 Å². The zero-order valence-corrected chi connectivity index (χ0v) is 25.6. The molecule has 230 valence electrons. The van der Waals surface area contributed by atoms with Crippen molar-refractivity contribution in [2.45, 2.75) is 17.1 Å². The van der Waals surface area contributed by atoms with E-state index in [0.29, 0.717) is 45.5 Å². The number of carbonyl (C=O) groups excluding carboxylic acids is 3. The Morgan fingerprint density at radius 1 is 0.822 bits per heavy atom. The summed E-state index contributed by atoms with van der Waals surface area (Å²) in [5.41, 5.74) is 2.05. The number of thioether (sulfide) groups is 1. The van der Waals surface area contributed by atoms with Crippen molar-refractivity contribution in [3.63, 3.8) is 0 Å². The molecule has 1 aliphatic heterocycles. The number of nitrogens with one attached hydrogen (secondary N) is 3. The first-order chi connectivity index (χ1) is 21.8. The smallest absolute Gasteiger partial charge is 0.272 e. The van der Waals surface area contributed by atoms with Crippen molar-refractivity contribution >= 4 is 46.9 Å². The Kier molecular flexibility index (Phi) is 9.90. The molecule has 0 radical (unpaired) electrons. The van der Waals surface area contributed by atoms with Crippen molar-refractivity contribution in [2.24, 2.45) is 0 Å². The van der Waals surface area contributed by atoms with Crippen molar-refractivity contribution in [1.29, 1.82) is 0 Å². The molecule has 0 spiro atoms. The predicted molar refractivity (Wildman–Crippen MR) is 173 cm³/mol. The summed E-state index contributed by atoms with van der Waals surface area (Å²) < 4.78 is 21.5.